The lowest BCUT2D eigenvalue weighted by Gasteiger charge is -2.33. The van der Waals surface area contributed by atoms with Gasteiger partial charge < -0.3 is 15.0 Å². The number of hydrogen-bond donors (Lipinski definition) is 2. The molecule has 3 rings (SSSR count). The van der Waals surface area contributed by atoms with Crippen LogP contribution in [0.25, 0.3) is 0 Å². The number of aliphatic imine (C=N–C) groups is 1. The second-order valence-corrected chi connectivity index (χ2v) is 11.9. The first-order valence-corrected chi connectivity index (χ1v) is 13.3. The molecular weight excluding hydrogens is 450 g/mol. The number of amides is 1. The monoisotopic (exact) mass is 489 g/mol. The lowest BCUT2D eigenvalue weighted by atomic mass is 9.90. The number of carbonyl (C=O) groups excluding carboxylic acids is 1. The van der Waals surface area contributed by atoms with Crippen LogP contribution in [0.2, 0.25) is 0 Å². The molecule has 3 heterocycles. The van der Waals surface area contributed by atoms with E-state index in [2.05, 4.69) is 35.2 Å². The first kappa shape index (κ1) is 26.3. The minimum atomic E-state index is -1.62. The summed E-state index contributed by atoms with van der Waals surface area (Å²) >= 11 is 0. The molecule has 3 atom stereocenters. The number of aromatic nitrogens is 1. The Morgan fingerprint density at radius 1 is 1.38 bits per heavy atom. The molecule has 0 saturated carbocycles. The molecule has 2 aliphatic rings. The van der Waals surface area contributed by atoms with E-state index < -0.39 is 16.6 Å². The van der Waals surface area contributed by atoms with E-state index in [-0.39, 0.29) is 17.7 Å². The molecule has 3 unspecified atom stereocenters. The third-order valence-electron chi connectivity index (χ3n) is 6.22. The lowest BCUT2D eigenvalue weighted by molar-refractivity contribution is 0.0131. The maximum Gasteiger partial charge on any atom is 0.410 e. The van der Waals surface area contributed by atoms with E-state index in [1.165, 1.54) is 5.71 Å². The number of pyridine rings is 1. The topological polar surface area (TPSA) is 110 Å². The zero-order chi connectivity index (χ0) is 24.9. The van der Waals surface area contributed by atoms with E-state index in [1.807, 2.05) is 44.0 Å². The zero-order valence-electron chi connectivity index (χ0n) is 21.0. The van der Waals surface area contributed by atoms with Gasteiger partial charge in [-0.05, 0) is 84.8 Å². The molecule has 1 aromatic heterocycles. The van der Waals surface area contributed by atoms with Crippen molar-refractivity contribution in [2.24, 2.45) is 16.0 Å². The summed E-state index contributed by atoms with van der Waals surface area (Å²) in [6, 6.07) is 5.47. The van der Waals surface area contributed by atoms with Gasteiger partial charge in [0.1, 0.15) is 27.4 Å². The van der Waals surface area contributed by atoms with Gasteiger partial charge in [0.25, 0.3) is 0 Å². The molecule has 2 aliphatic heterocycles. The SMILES string of the molecule is CC(C)(C)OC(=O)N1CC(CCC(CC2=NC=CCC2)Nc2cccc(S(N)=O)n2)CC1(C)C. The normalized spacial score (nSPS) is 21.6. The molecule has 1 amide bonds. The lowest BCUT2D eigenvalue weighted by Crippen LogP contribution is -2.45. The van der Waals surface area contributed by atoms with Crippen LogP contribution in [0.1, 0.15) is 73.1 Å². The van der Waals surface area contributed by atoms with Gasteiger partial charge in [0.15, 0.2) is 0 Å². The van der Waals surface area contributed by atoms with Crippen molar-refractivity contribution in [3.05, 3.63) is 30.5 Å². The van der Waals surface area contributed by atoms with Crippen LogP contribution < -0.4 is 10.5 Å². The number of nitrogens with one attached hydrogen (secondary N) is 1. The Morgan fingerprint density at radius 3 is 2.79 bits per heavy atom. The standard InChI is InChI=1S/C25H39N5O3S/c1-24(2,3)33-23(31)30-17-18(16-25(30,4)5)12-13-20(15-19-9-6-7-14-27-19)28-21-10-8-11-22(29-21)34(26)32/h7-8,10-11,14,18,20H,6,9,12-13,15-17,26H2,1-5H3,(H,28,29). The van der Waals surface area contributed by atoms with Gasteiger partial charge >= 0.3 is 6.09 Å². The number of nitrogens with two attached hydrogens (primary N) is 1. The molecule has 0 aliphatic carbocycles. The Morgan fingerprint density at radius 2 is 2.15 bits per heavy atom. The molecule has 1 fully saturated rings. The number of likely N-dealkylation sites (tertiary alicyclic amines) is 1. The molecule has 0 radical (unpaired) electrons. The molecule has 1 saturated heterocycles. The van der Waals surface area contributed by atoms with Crippen molar-refractivity contribution in [3.63, 3.8) is 0 Å². The Bertz CT molecular complexity index is 954. The minimum absolute atomic E-state index is 0.123. The van der Waals surface area contributed by atoms with Gasteiger partial charge in [-0.3, -0.25) is 4.99 Å². The van der Waals surface area contributed by atoms with Crippen LogP contribution in [-0.4, -0.2) is 49.6 Å². The zero-order valence-corrected chi connectivity index (χ0v) is 21.9. The van der Waals surface area contributed by atoms with Gasteiger partial charge in [0.2, 0.25) is 0 Å². The molecule has 3 N–H and O–H groups in total. The highest BCUT2D eigenvalue weighted by molar-refractivity contribution is 7.82. The Hall–Kier alpha value is -2.26. The first-order valence-electron chi connectivity index (χ1n) is 12.0. The fourth-order valence-corrected chi connectivity index (χ4v) is 5.08. The largest absolute Gasteiger partial charge is 0.444 e. The van der Waals surface area contributed by atoms with Crippen molar-refractivity contribution in [1.29, 1.82) is 0 Å². The molecule has 34 heavy (non-hydrogen) atoms. The van der Waals surface area contributed by atoms with Crippen LogP contribution in [0.5, 0.6) is 0 Å². The molecule has 9 heteroatoms. The fourth-order valence-electron chi connectivity index (χ4n) is 4.68. The number of anilines is 1. The molecule has 8 nitrogen and oxygen atoms in total. The average molecular weight is 490 g/mol. The van der Waals surface area contributed by atoms with E-state index in [0.717, 1.165) is 38.5 Å². The van der Waals surface area contributed by atoms with E-state index in [0.29, 0.717) is 23.3 Å². The van der Waals surface area contributed by atoms with Crippen molar-refractivity contribution in [2.45, 2.75) is 95.4 Å². The molecule has 0 aromatic carbocycles. The number of rotatable bonds is 8. The average Bonchev–Trinajstić information content (AvgIpc) is 3.06. The van der Waals surface area contributed by atoms with Gasteiger partial charge in [0, 0.05) is 36.5 Å². The van der Waals surface area contributed by atoms with Crippen LogP contribution in [-0.2, 0) is 15.7 Å². The van der Waals surface area contributed by atoms with E-state index >= 15 is 0 Å². The summed E-state index contributed by atoms with van der Waals surface area (Å²) in [7, 11) is -1.62. The van der Waals surface area contributed by atoms with Crippen molar-refractivity contribution >= 4 is 28.6 Å². The third-order valence-corrected chi connectivity index (χ3v) is 6.86. The summed E-state index contributed by atoms with van der Waals surface area (Å²) in [6.07, 6.45) is 9.30. The number of allylic oxidation sites excluding steroid dienone is 1. The van der Waals surface area contributed by atoms with Crippen LogP contribution >= 0.6 is 0 Å². The molecule has 0 spiro atoms. The van der Waals surface area contributed by atoms with Crippen molar-refractivity contribution < 1.29 is 13.7 Å². The predicted octanol–water partition coefficient (Wildman–Crippen LogP) is 4.80. The first-order chi connectivity index (χ1) is 15.9. The van der Waals surface area contributed by atoms with Crippen LogP contribution in [0, 0.1) is 5.92 Å². The highest BCUT2D eigenvalue weighted by Gasteiger charge is 2.42. The second kappa shape index (κ2) is 11.0. The van der Waals surface area contributed by atoms with E-state index in [4.69, 9.17) is 9.88 Å². The summed E-state index contributed by atoms with van der Waals surface area (Å²) < 4.78 is 17.3. The molecule has 1 aromatic rings. The van der Waals surface area contributed by atoms with Crippen LogP contribution in [0.4, 0.5) is 10.6 Å². The summed E-state index contributed by atoms with van der Waals surface area (Å²) in [5, 5.41) is 9.39. The predicted molar refractivity (Wildman–Crippen MR) is 137 cm³/mol. The fraction of sp³-hybridized carbons (Fsp3) is 0.640. The van der Waals surface area contributed by atoms with Crippen molar-refractivity contribution in [3.8, 4) is 0 Å². The van der Waals surface area contributed by atoms with Gasteiger partial charge in [-0.15, -0.1) is 0 Å². The van der Waals surface area contributed by atoms with Gasteiger partial charge in [-0.25, -0.2) is 19.1 Å². The van der Waals surface area contributed by atoms with Crippen molar-refractivity contribution in [1.82, 2.24) is 9.88 Å². The van der Waals surface area contributed by atoms with E-state index in [9.17, 15) is 9.00 Å². The number of ether oxygens (including phenoxy) is 1. The Balaban J connectivity index is 1.67. The summed E-state index contributed by atoms with van der Waals surface area (Å²) in [5.41, 5.74) is 0.417. The van der Waals surface area contributed by atoms with Crippen molar-refractivity contribution in [2.75, 3.05) is 11.9 Å². The van der Waals surface area contributed by atoms with Crippen LogP contribution in [0.3, 0.4) is 0 Å². The Labute approximate surface area is 206 Å². The third kappa shape index (κ3) is 7.63. The van der Waals surface area contributed by atoms with Gasteiger partial charge in [0.05, 0.1) is 0 Å². The summed E-state index contributed by atoms with van der Waals surface area (Å²) in [5.74, 6) is 1.05. The summed E-state index contributed by atoms with van der Waals surface area (Å²) in [6.45, 7) is 10.6. The maximum absolute atomic E-state index is 12.8. The second-order valence-electron chi connectivity index (χ2n) is 10.9. The smallest absolute Gasteiger partial charge is 0.410 e. The molecule has 0 bridgehead atoms. The Kier molecular flexibility index (Phi) is 8.52. The number of hydrogen-bond acceptors (Lipinski definition) is 6. The maximum atomic E-state index is 12.8. The van der Waals surface area contributed by atoms with Gasteiger partial charge in [-0.1, -0.05) is 12.1 Å². The number of nitrogens with zero attached hydrogens (tertiary/aromatic N) is 3. The van der Waals surface area contributed by atoms with Crippen LogP contribution in [0.15, 0.2) is 40.5 Å². The van der Waals surface area contributed by atoms with Gasteiger partial charge in [-0.2, -0.15) is 0 Å². The quantitative estimate of drug-likeness (QED) is 0.545. The van der Waals surface area contributed by atoms with E-state index in [1.54, 1.807) is 6.07 Å². The minimum Gasteiger partial charge on any atom is -0.444 e. The number of carbonyl (C=O) groups is 1. The highest BCUT2D eigenvalue weighted by atomic mass is 32.2. The molecule has 188 valence electrons. The highest BCUT2D eigenvalue weighted by Crippen LogP contribution is 2.36. The summed E-state index contributed by atoms with van der Waals surface area (Å²) in [4.78, 5) is 23.6. The molecular formula is C25H39N5O3S.